The minimum Gasteiger partial charge on any atom is -0.393 e. The van der Waals surface area contributed by atoms with Crippen LogP contribution in [0.5, 0.6) is 0 Å². The zero-order valence-electron chi connectivity index (χ0n) is 18.7. The van der Waals surface area contributed by atoms with E-state index >= 15 is 0 Å². The highest BCUT2D eigenvalue weighted by Gasteiger charge is 2.27. The lowest BCUT2D eigenvalue weighted by atomic mass is 10.2. The van der Waals surface area contributed by atoms with Crippen molar-refractivity contribution in [1.29, 1.82) is 0 Å². The minimum atomic E-state index is -0.510. The number of carbonyl (C=O) groups excluding carboxylic acids is 2. The normalized spacial score (nSPS) is 14.3. The summed E-state index contributed by atoms with van der Waals surface area (Å²) in [5.74, 6) is -0.561. The third kappa shape index (κ3) is 5.45. The lowest BCUT2D eigenvalue weighted by Crippen LogP contribution is -2.39. The molecule has 0 saturated heterocycles. The van der Waals surface area contributed by atoms with Crippen LogP contribution in [0.1, 0.15) is 48.8 Å². The molecule has 0 atom stereocenters. The molecule has 1 aliphatic rings. The van der Waals surface area contributed by atoms with Crippen molar-refractivity contribution in [2.75, 3.05) is 19.4 Å². The highest BCUT2D eigenvalue weighted by Crippen LogP contribution is 2.39. The fourth-order valence-electron chi connectivity index (χ4n) is 2.89. The first kappa shape index (κ1) is 22.9. The van der Waals surface area contributed by atoms with Crippen LogP contribution in [0.25, 0.3) is 0 Å². The highest BCUT2D eigenvalue weighted by molar-refractivity contribution is 6.05. The summed E-state index contributed by atoms with van der Waals surface area (Å²) in [6.07, 6.45) is 8.05. The molecule has 10 heteroatoms. The number of allylic oxidation sites excluding steroid dienone is 1. The third-order valence-electron chi connectivity index (χ3n) is 5.09. The highest BCUT2D eigenvalue weighted by atomic mass is 16.2. The molecule has 0 unspecified atom stereocenters. The Kier molecular flexibility index (Phi) is 7.14. The summed E-state index contributed by atoms with van der Waals surface area (Å²) in [5, 5.41) is 5.83. The summed E-state index contributed by atoms with van der Waals surface area (Å²) in [5.41, 5.74) is 8.23. The van der Waals surface area contributed by atoms with Crippen LogP contribution in [0.15, 0.2) is 47.2 Å². The zero-order valence-corrected chi connectivity index (χ0v) is 18.7. The summed E-state index contributed by atoms with van der Waals surface area (Å²) in [4.78, 5) is 43.9. The van der Waals surface area contributed by atoms with E-state index in [1.807, 2.05) is 19.9 Å². The zero-order chi connectivity index (χ0) is 23.3. The SMILES string of the molecule is CN=CC(NC(=O)c1nc(C2CC2)ccc1Nc1cncnc1)=C(N)C(=O)N(C)C(C)C. The van der Waals surface area contributed by atoms with Crippen LogP contribution in [0.3, 0.4) is 0 Å². The fourth-order valence-corrected chi connectivity index (χ4v) is 2.89. The Balaban J connectivity index is 1.94. The quantitative estimate of drug-likeness (QED) is 0.425. The van der Waals surface area contributed by atoms with Gasteiger partial charge in [-0.1, -0.05) is 0 Å². The number of carbonyl (C=O) groups is 2. The lowest BCUT2D eigenvalue weighted by molar-refractivity contribution is -0.127. The average molecular weight is 437 g/mol. The smallest absolute Gasteiger partial charge is 0.276 e. The van der Waals surface area contributed by atoms with Crippen molar-refractivity contribution < 1.29 is 9.59 Å². The molecule has 1 aliphatic carbocycles. The number of aliphatic imine (C=N–C) groups is 1. The van der Waals surface area contributed by atoms with Crippen molar-refractivity contribution >= 4 is 29.4 Å². The number of hydrogen-bond acceptors (Lipinski definition) is 8. The molecule has 1 fully saturated rings. The van der Waals surface area contributed by atoms with E-state index in [2.05, 4.69) is 30.6 Å². The van der Waals surface area contributed by atoms with Crippen molar-refractivity contribution in [2.24, 2.45) is 10.7 Å². The van der Waals surface area contributed by atoms with E-state index in [-0.39, 0.29) is 23.1 Å². The van der Waals surface area contributed by atoms with Gasteiger partial charge in [-0.05, 0) is 38.8 Å². The molecule has 0 spiro atoms. The van der Waals surface area contributed by atoms with Gasteiger partial charge in [0.05, 0.1) is 29.5 Å². The first-order chi connectivity index (χ1) is 15.3. The van der Waals surface area contributed by atoms with Gasteiger partial charge >= 0.3 is 0 Å². The predicted molar refractivity (Wildman–Crippen MR) is 123 cm³/mol. The first-order valence-corrected chi connectivity index (χ1v) is 10.3. The standard InChI is InChI=1S/C22H28N8O2/c1-13(2)30(4)22(32)19(23)18(11-24-3)29-21(31)20-17(27-15-9-25-12-26-10-15)8-7-16(28-20)14-5-6-14/h7-14,27H,5-6,23H2,1-4H3,(H,29,31). The Morgan fingerprint density at radius 2 is 1.94 bits per heavy atom. The molecule has 4 N–H and O–H groups in total. The molecule has 0 aliphatic heterocycles. The number of nitrogens with zero attached hydrogens (tertiary/aromatic N) is 5. The van der Waals surface area contributed by atoms with E-state index < -0.39 is 11.8 Å². The maximum atomic E-state index is 13.2. The molecule has 168 valence electrons. The van der Waals surface area contributed by atoms with Crippen LogP contribution in [0.2, 0.25) is 0 Å². The predicted octanol–water partition coefficient (Wildman–Crippen LogP) is 1.96. The summed E-state index contributed by atoms with van der Waals surface area (Å²) in [6, 6.07) is 3.65. The maximum Gasteiger partial charge on any atom is 0.276 e. The molecule has 1 saturated carbocycles. The maximum absolute atomic E-state index is 13.2. The second-order valence-corrected chi connectivity index (χ2v) is 7.84. The topological polar surface area (TPSA) is 138 Å². The largest absolute Gasteiger partial charge is 0.393 e. The molecule has 0 radical (unpaired) electrons. The molecule has 3 rings (SSSR count). The summed E-state index contributed by atoms with van der Waals surface area (Å²) >= 11 is 0. The fraction of sp³-hybridized carbons (Fsp3) is 0.364. The molecule has 0 aromatic carbocycles. The number of nitrogens with one attached hydrogen (secondary N) is 2. The van der Waals surface area contributed by atoms with E-state index in [0.29, 0.717) is 17.3 Å². The third-order valence-corrected chi connectivity index (χ3v) is 5.09. The van der Waals surface area contributed by atoms with E-state index in [4.69, 9.17) is 5.73 Å². The molecular weight excluding hydrogens is 408 g/mol. The average Bonchev–Trinajstić information content (AvgIpc) is 3.63. The van der Waals surface area contributed by atoms with Crippen molar-refractivity contribution in [3.05, 3.63) is 53.6 Å². The van der Waals surface area contributed by atoms with Crippen LogP contribution in [0, 0.1) is 0 Å². The molecule has 2 aromatic rings. The van der Waals surface area contributed by atoms with Crippen molar-refractivity contribution in [3.8, 4) is 0 Å². The van der Waals surface area contributed by atoms with Crippen LogP contribution in [-0.2, 0) is 4.79 Å². The van der Waals surface area contributed by atoms with Crippen LogP contribution < -0.4 is 16.4 Å². The van der Waals surface area contributed by atoms with Gasteiger partial charge in [0.15, 0.2) is 5.69 Å². The Morgan fingerprint density at radius 3 is 2.53 bits per heavy atom. The first-order valence-electron chi connectivity index (χ1n) is 10.3. The van der Waals surface area contributed by atoms with Gasteiger partial charge in [-0.25, -0.2) is 15.0 Å². The molecule has 32 heavy (non-hydrogen) atoms. The molecule has 2 aromatic heterocycles. The van der Waals surface area contributed by atoms with Gasteiger partial charge in [-0.3, -0.25) is 14.6 Å². The van der Waals surface area contributed by atoms with Gasteiger partial charge < -0.3 is 21.3 Å². The van der Waals surface area contributed by atoms with Crippen molar-refractivity contribution in [1.82, 2.24) is 25.2 Å². The van der Waals surface area contributed by atoms with Gasteiger partial charge in [0.1, 0.15) is 12.0 Å². The molecule has 0 bridgehead atoms. The molecule has 10 nitrogen and oxygen atoms in total. The number of hydrogen-bond donors (Lipinski definition) is 3. The Hall–Kier alpha value is -3.82. The number of anilines is 2. The summed E-state index contributed by atoms with van der Waals surface area (Å²) < 4.78 is 0. The van der Waals surface area contributed by atoms with Gasteiger partial charge in [0.2, 0.25) is 0 Å². The van der Waals surface area contributed by atoms with Crippen LogP contribution in [0.4, 0.5) is 11.4 Å². The lowest BCUT2D eigenvalue weighted by Gasteiger charge is -2.22. The molecule has 2 amide bonds. The van der Waals surface area contributed by atoms with Gasteiger partial charge in [0, 0.05) is 38.0 Å². The van der Waals surface area contributed by atoms with E-state index in [1.54, 1.807) is 25.5 Å². The number of likely N-dealkylation sites (N-methyl/N-ethyl adjacent to an activating group) is 1. The number of rotatable bonds is 8. The van der Waals surface area contributed by atoms with Gasteiger partial charge in [-0.2, -0.15) is 0 Å². The summed E-state index contributed by atoms with van der Waals surface area (Å²) in [7, 11) is 3.18. The summed E-state index contributed by atoms with van der Waals surface area (Å²) in [6.45, 7) is 3.74. The van der Waals surface area contributed by atoms with Crippen LogP contribution >= 0.6 is 0 Å². The van der Waals surface area contributed by atoms with Gasteiger partial charge in [0.25, 0.3) is 11.8 Å². The van der Waals surface area contributed by atoms with Crippen molar-refractivity contribution in [3.63, 3.8) is 0 Å². The minimum absolute atomic E-state index is 0.0580. The number of pyridine rings is 1. The monoisotopic (exact) mass is 436 g/mol. The molecular formula is C22H28N8O2. The number of amides is 2. The Bertz CT molecular complexity index is 1050. The van der Waals surface area contributed by atoms with E-state index in [1.165, 1.54) is 24.5 Å². The number of nitrogens with two attached hydrogens (primary N) is 1. The number of aromatic nitrogens is 3. The molecule has 2 heterocycles. The Morgan fingerprint density at radius 1 is 1.25 bits per heavy atom. The second kappa shape index (κ2) is 9.99. The van der Waals surface area contributed by atoms with E-state index in [0.717, 1.165) is 18.5 Å². The van der Waals surface area contributed by atoms with E-state index in [9.17, 15) is 9.59 Å². The van der Waals surface area contributed by atoms with Crippen LogP contribution in [-0.4, -0.2) is 58.0 Å². The van der Waals surface area contributed by atoms with Gasteiger partial charge in [-0.15, -0.1) is 0 Å². The second-order valence-electron chi connectivity index (χ2n) is 7.84. The van der Waals surface area contributed by atoms with Crippen molar-refractivity contribution in [2.45, 2.75) is 38.6 Å². The Labute approximate surface area is 187 Å².